The van der Waals surface area contributed by atoms with E-state index >= 15 is 0 Å². The molecule has 0 bridgehead atoms. The molecule has 1 aromatic carbocycles. The molecular formula is C19H28BrN. The van der Waals surface area contributed by atoms with Gasteiger partial charge < -0.3 is 5.32 Å². The normalized spacial score (nSPS) is 33.5. The van der Waals surface area contributed by atoms with E-state index in [1.54, 1.807) is 0 Å². The molecular weight excluding hydrogens is 322 g/mol. The van der Waals surface area contributed by atoms with Crippen molar-refractivity contribution in [2.75, 3.05) is 13.1 Å². The molecule has 3 rings (SSSR count). The second-order valence-corrected chi connectivity index (χ2v) is 8.30. The van der Waals surface area contributed by atoms with Gasteiger partial charge in [0.05, 0.1) is 0 Å². The van der Waals surface area contributed by atoms with Crippen LogP contribution >= 0.6 is 15.9 Å². The number of nitrogens with one attached hydrogen (secondary N) is 1. The lowest BCUT2D eigenvalue weighted by molar-refractivity contribution is 0.00525. The van der Waals surface area contributed by atoms with Crippen LogP contribution in [0.3, 0.4) is 0 Å². The molecule has 1 aromatic rings. The molecule has 1 spiro atoms. The molecule has 1 nitrogen and oxygen atoms in total. The molecule has 2 aliphatic rings. The van der Waals surface area contributed by atoms with Gasteiger partial charge in [-0.25, -0.2) is 0 Å². The van der Waals surface area contributed by atoms with Crippen molar-refractivity contribution < 1.29 is 0 Å². The lowest BCUT2D eigenvalue weighted by atomic mass is 9.53. The van der Waals surface area contributed by atoms with Gasteiger partial charge in [0.15, 0.2) is 0 Å². The topological polar surface area (TPSA) is 12.0 Å². The SMILES string of the molecule is CC(C)C1CCCCC12CCNCC2c1ccc(Br)cc1. The van der Waals surface area contributed by atoms with Crippen molar-refractivity contribution in [1.82, 2.24) is 5.32 Å². The monoisotopic (exact) mass is 349 g/mol. The van der Waals surface area contributed by atoms with Gasteiger partial charge in [0.1, 0.15) is 0 Å². The zero-order valence-electron chi connectivity index (χ0n) is 13.4. The van der Waals surface area contributed by atoms with E-state index in [4.69, 9.17) is 0 Å². The van der Waals surface area contributed by atoms with Crippen LogP contribution in [-0.2, 0) is 0 Å². The minimum absolute atomic E-state index is 0.533. The second-order valence-electron chi connectivity index (χ2n) is 7.39. The Hall–Kier alpha value is -0.340. The lowest BCUT2D eigenvalue weighted by Crippen LogP contribution is -2.50. The molecule has 1 aliphatic carbocycles. The summed E-state index contributed by atoms with van der Waals surface area (Å²) in [6.07, 6.45) is 7.08. The zero-order chi connectivity index (χ0) is 14.9. The van der Waals surface area contributed by atoms with Gasteiger partial charge >= 0.3 is 0 Å². The highest BCUT2D eigenvalue weighted by atomic mass is 79.9. The largest absolute Gasteiger partial charge is 0.316 e. The number of hydrogen-bond donors (Lipinski definition) is 1. The van der Waals surface area contributed by atoms with Gasteiger partial charge in [-0.05, 0) is 60.8 Å². The summed E-state index contributed by atoms with van der Waals surface area (Å²) in [6, 6.07) is 9.11. The van der Waals surface area contributed by atoms with Gasteiger partial charge in [-0.1, -0.05) is 54.8 Å². The number of hydrogen-bond acceptors (Lipinski definition) is 1. The zero-order valence-corrected chi connectivity index (χ0v) is 15.0. The quantitative estimate of drug-likeness (QED) is 0.757. The van der Waals surface area contributed by atoms with Crippen LogP contribution in [0.25, 0.3) is 0 Å². The molecule has 3 unspecified atom stereocenters. The van der Waals surface area contributed by atoms with E-state index < -0.39 is 0 Å². The molecule has 2 fully saturated rings. The highest BCUT2D eigenvalue weighted by Crippen LogP contribution is 2.56. The van der Waals surface area contributed by atoms with Crippen LogP contribution in [0.4, 0.5) is 0 Å². The van der Waals surface area contributed by atoms with Crippen molar-refractivity contribution in [3.8, 4) is 0 Å². The number of piperidine rings is 1. The van der Waals surface area contributed by atoms with Crippen LogP contribution in [0, 0.1) is 17.3 Å². The van der Waals surface area contributed by atoms with Gasteiger partial charge in [0, 0.05) is 16.9 Å². The Labute approximate surface area is 138 Å². The molecule has 1 aliphatic heterocycles. The molecule has 0 radical (unpaired) electrons. The summed E-state index contributed by atoms with van der Waals surface area (Å²) >= 11 is 3.58. The van der Waals surface area contributed by atoms with Gasteiger partial charge in [0.25, 0.3) is 0 Å². The lowest BCUT2D eigenvalue weighted by Gasteiger charge is -2.54. The Balaban J connectivity index is 1.97. The molecule has 1 heterocycles. The van der Waals surface area contributed by atoms with Crippen molar-refractivity contribution in [2.45, 2.75) is 51.9 Å². The predicted octanol–water partition coefficient (Wildman–Crippen LogP) is 5.36. The van der Waals surface area contributed by atoms with E-state index in [0.717, 1.165) is 18.4 Å². The van der Waals surface area contributed by atoms with Crippen LogP contribution in [0.15, 0.2) is 28.7 Å². The van der Waals surface area contributed by atoms with E-state index in [2.05, 4.69) is 59.4 Å². The Kier molecular flexibility index (Phi) is 4.75. The molecule has 3 atom stereocenters. The van der Waals surface area contributed by atoms with Crippen molar-refractivity contribution in [2.24, 2.45) is 17.3 Å². The van der Waals surface area contributed by atoms with Crippen LogP contribution in [0.1, 0.15) is 57.4 Å². The summed E-state index contributed by atoms with van der Waals surface area (Å²) in [5.74, 6) is 2.38. The first-order chi connectivity index (χ1) is 10.1. The van der Waals surface area contributed by atoms with Crippen LogP contribution < -0.4 is 5.32 Å². The molecule has 21 heavy (non-hydrogen) atoms. The Morgan fingerprint density at radius 1 is 1.14 bits per heavy atom. The van der Waals surface area contributed by atoms with E-state index in [9.17, 15) is 0 Å². The molecule has 1 saturated carbocycles. The number of rotatable bonds is 2. The third kappa shape index (κ3) is 2.94. The molecule has 116 valence electrons. The first-order valence-corrected chi connectivity index (χ1v) is 9.39. The summed E-state index contributed by atoms with van der Waals surface area (Å²) in [7, 11) is 0. The van der Waals surface area contributed by atoms with Crippen molar-refractivity contribution in [3.63, 3.8) is 0 Å². The minimum atomic E-state index is 0.533. The highest BCUT2D eigenvalue weighted by Gasteiger charge is 2.48. The van der Waals surface area contributed by atoms with E-state index in [1.807, 2.05) is 0 Å². The summed E-state index contributed by atoms with van der Waals surface area (Å²) in [5.41, 5.74) is 2.07. The fourth-order valence-electron chi connectivity index (χ4n) is 5.12. The van der Waals surface area contributed by atoms with Gasteiger partial charge in [0.2, 0.25) is 0 Å². The van der Waals surface area contributed by atoms with E-state index in [0.29, 0.717) is 11.3 Å². The number of benzene rings is 1. The average molecular weight is 350 g/mol. The second kappa shape index (κ2) is 6.42. The van der Waals surface area contributed by atoms with E-state index in [1.165, 1.54) is 48.7 Å². The Morgan fingerprint density at radius 2 is 1.90 bits per heavy atom. The smallest absolute Gasteiger partial charge is 0.0175 e. The maximum absolute atomic E-state index is 3.67. The van der Waals surface area contributed by atoms with Crippen LogP contribution in [0.5, 0.6) is 0 Å². The van der Waals surface area contributed by atoms with Crippen molar-refractivity contribution >= 4 is 15.9 Å². The van der Waals surface area contributed by atoms with Crippen molar-refractivity contribution in [3.05, 3.63) is 34.3 Å². The number of halogens is 1. The maximum Gasteiger partial charge on any atom is 0.0175 e. The summed E-state index contributed by atoms with van der Waals surface area (Å²) in [5, 5.41) is 3.67. The maximum atomic E-state index is 3.67. The van der Waals surface area contributed by atoms with Crippen LogP contribution in [-0.4, -0.2) is 13.1 Å². The van der Waals surface area contributed by atoms with Crippen molar-refractivity contribution in [1.29, 1.82) is 0 Å². The summed E-state index contributed by atoms with van der Waals surface area (Å²) in [6.45, 7) is 7.25. The minimum Gasteiger partial charge on any atom is -0.316 e. The first-order valence-electron chi connectivity index (χ1n) is 8.60. The van der Waals surface area contributed by atoms with Gasteiger partial charge in [-0.15, -0.1) is 0 Å². The summed E-state index contributed by atoms with van der Waals surface area (Å²) < 4.78 is 1.19. The first kappa shape index (κ1) is 15.6. The Bertz CT molecular complexity index is 461. The standard InChI is InChI=1S/C19H28BrN/c1-14(2)17-5-3-4-10-19(17)11-12-21-13-18(19)15-6-8-16(20)9-7-15/h6-9,14,17-18,21H,3-5,10-13H2,1-2H3. The fourth-order valence-corrected chi connectivity index (χ4v) is 5.39. The van der Waals surface area contributed by atoms with Gasteiger partial charge in [-0.2, -0.15) is 0 Å². The Morgan fingerprint density at radius 3 is 2.62 bits per heavy atom. The predicted molar refractivity (Wildman–Crippen MR) is 93.6 cm³/mol. The molecule has 0 amide bonds. The fraction of sp³-hybridized carbons (Fsp3) is 0.684. The molecule has 1 saturated heterocycles. The summed E-state index contributed by atoms with van der Waals surface area (Å²) in [4.78, 5) is 0. The van der Waals surface area contributed by atoms with E-state index in [-0.39, 0.29) is 0 Å². The molecule has 2 heteroatoms. The molecule has 0 aromatic heterocycles. The van der Waals surface area contributed by atoms with Gasteiger partial charge in [-0.3, -0.25) is 0 Å². The third-order valence-corrected chi connectivity index (χ3v) is 6.56. The van der Waals surface area contributed by atoms with Crippen LogP contribution in [0.2, 0.25) is 0 Å². The third-order valence-electron chi connectivity index (χ3n) is 6.03. The highest BCUT2D eigenvalue weighted by molar-refractivity contribution is 9.10. The molecule has 1 N–H and O–H groups in total. The average Bonchev–Trinajstić information content (AvgIpc) is 2.49.